The van der Waals surface area contributed by atoms with Gasteiger partial charge in [0.2, 0.25) is 0 Å². The van der Waals surface area contributed by atoms with E-state index in [1.54, 1.807) is 87.8 Å². The molecule has 0 saturated heterocycles. The fourth-order valence-corrected chi connectivity index (χ4v) is 20.1. The third-order valence-corrected chi connectivity index (χ3v) is 24.4. The summed E-state index contributed by atoms with van der Waals surface area (Å²) < 4.78 is 0. The summed E-state index contributed by atoms with van der Waals surface area (Å²) in [6.45, 7) is 14.4. The Bertz CT molecular complexity index is 4080. The summed E-state index contributed by atoms with van der Waals surface area (Å²) in [7, 11) is 0. The Balaban J connectivity index is 0.000000180. The molecule has 0 spiro atoms. The van der Waals surface area contributed by atoms with E-state index in [1.165, 1.54) is 51.4 Å². The van der Waals surface area contributed by atoms with Gasteiger partial charge in [0, 0.05) is 260 Å². The first-order valence-corrected chi connectivity index (χ1v) is 36.9. The first-order chi connectivity index (χ1) is 47.7. The van der Waals surface area contributed by atoms with Crippen molar-refractivity contribution in [1.82, 2.24) is 0 Å². The van der Waals surface area contributed by atoms with Gasteiger partial charge in [-0.3, -0.25) is 0 Å². The molecule has 6 N–H and O–H groups in total. The number of aromatic hydroxyl groups is 6. The first kappa shape index (κ1) is 89.8. The van der Waals surface area contributed by atoms with E-state index in [0.717, 1.165) is 112 Å². The van der Waals surface area contributed by atoms with Crippen LogP contribution in [0.2, 0.25) is 0 Å². The number of rotatable bonds is 3. The molecule has 104 heavy (non-hydrogen) atoms. The number of phenolic OH excluding ortho intramolecular Hbond substituents is 6. The molecule has 18 rings (SSSR count). The van der Waals surface area contributed by atoms with Crippen LogP contribution in [-0.4, -0.2) is 30.6 Å². The zero-order valence-electron chi connectivity index (χ0n) is 60.5. The summed E-state index contributed by atoms with van der Waals surface area (Å²) in [4.78, 5) is 0. The van der Waals surface area contributed by atoms with E-state index in [1.807, 2.05) is 196 Å². The van der Waals surface area contributed by atoms with Gasteiger partial charge >= 0.3 is 0 Å². The zero-order valence-corrected chi connectivity index (χ0v) is 64.8. The van der Waals surface area contributed by atoms with Gasteiger partial charge in [-0.15, -0.1) is 0 Å². The molecule has 0 heterocycles. The van der Waals surface area contributed by atoms with Crippen LogP contribution in [0.25, 0.3) is 98.0 Å². The molecule has 552 valence electrons. The molecule has 6 aliphatic carbocycles. The molecule has 12 aromatic rings. The van der Waals surface area contributed by atoms with Gasteiger partial charge in [0.05, 0.1) is 0 Å². The largest absolute Gasteiger partial charge is 0.507 e. The zero-order chi connectivity index (χ0) is 68.2. The van der Waals surface area contributed by atoms with Crippen LogP contribution in [-0.2, 0) is 0 Å². The summed E-state index contributed by atoms with van der Waals surface area (Å²) in [5.74, 6) is 9.86. The molecular weight excluding hydrogens is 1440 g/mol. The summed E-state index contributed by atoms with van der Waals surface area (Å²) in [5, 5.41) is 74.3. The molecular formula is C92H100Ar6O6. The molecule has 6 aliphatic rings. The summed E-state index contributed by atoms with van der Waals surface area (Å²) >= 11 is 0. The third-order valence-electron chi connectivity index (χ3n) is 24.4. The van der Waals surface area contributed by atoms with E-state index >= 15 is 0 Å². The Morgan fingerprint density at radius 2 is 0.356 bits per heavy atom. The Hall–Kier alpha value is -1.44. The average Bonchev–Trinajstić information content (AvgIpc) is 1.23. The van der Waals surface area contributed by atoms with Crippen molar-refractivity contribution in [2.45, 2.75) is 144 Å². The Morgan fingerprint density at radius 1 is 0.212 bits per heavy atom. The van der Waals surface area contributed by atoms with Gasteiger partial charge < -0.3 is 30.6 Å². The number of fused-ring (bicyclic) bond motifs is 12. The second-order valence-corrected chi connectivity index (χ2v) is 29.9. The summed E-state index contributed by atoms with van der Waals surface area (Å²) in [6, 6.07) is 68.6. The van der Waals surface area contributed by atoms with Crippen LogP contribution in [0.5, 0.6) is 34.5 Å². The van der Waals surface area contributed by atoms with Crippen molar-refractivity contribution >= 4 is 64.6 Å². The fraction of sp³-hybridized carbons (Fsp3) is 0.348. The molecule has 0 amide bonds. The minimum Gasteiger partial charge on any atom is -0.507 e. The van der Waals surface area contributed by atoms with Gasteiger partial charge in [0.15, 0.2) is 0 Å². The quantitative estimate of drug-likeness (QED) is 0.105. The van der Waals surface area contributed by atoms with E-state index in [4.69, 9.17) is 0 Å². The number of phenols is 6. The molecule has 0 bridgehead atoms. The number of hydrogen-bond acceptors (Lipinski definition) is 6. The SMILES string of the molecule is CC.CC1(C)C2CCCCC2C2CCCCC21.CC1(C)C2CCCCC2C2CCCCC21.Oc1ccc2ccccc2c1-c1c(O)ccc2ccccc12.Oc1ccc2ccccc2c1-c1c(O)ccc2ccccc12.Oc1ccc2ccccc2c1-c1c(O)ccc2ccccc12.[Ar].[Ar].[Ar].[Ar].[Ar].[Ar]. The minimum absolute atomic E-state index is 0. The van der Waals surface area contributed by atoms with Crippen molar-refractivity contribution in [3.63, 3.8) is 0 Å². The maximum atomic E-state index is 10.4. The molecule has 8 atom stereocenters. The molecule has 8 unspecified atom stereocenters. The molecule has 12 aromatic carbocycles. The predicted octanol–water partition coefficient (Wildman–Crippen LogP) is 25.5. The molecule has 6 saturated carbocycles. The Morgan fingerprint density at radius 3 is 0.519 bits per heavy atom. The van der Waals surface area contributed by atoms with Crippen LogP contribution in [0.1, 0.15) is 144 Å². The van der Waals surface area contributed by atoms with Crippen molar-refractivity contribution in [2.24, 2.45) is 58.2 Å². The fourth-order valence-electron chi connectivity index (χ4n) is 20.1. The van der Waals surface area contributed by atoms with Gasteiger partial charge in [-0.1, -0.05) is 275 Å². The maximum Gasteiger partial charge on any atom is 0.124 e. The van der Waals surface area contributed by atoms with Crippen LogP contribution >= 0.6 is 0 Å². The van der Waals surface area contributed by atoms with Gasteiger partial charge in [-0.05, 0) is 211 Å². The van der Waals surface area contributed by atoms with E-state index in [0.29, 0.717) is 44.2 Å². The van der Waals surface area contributed by atoms with E-state index in [9.17, 15) is 30.6 Å². The minimum atomic E-state index is 0. The van der Waals surface area contributed by atoms with Gasteiger partial charge in [-0.2, -0.15) is 0 Å². The van der Waals surface area contributed by atoms with Crippen molar-refractivity contribution in [1.29, 1.82) is 0 Å². The molecule has 0 aliphatic heterocycles. The summed E-state index contributed by atoms with van der Waals surface area (Å²) in [5.41, 5.74) is 5.39. The van der Waals surface area contributed by atoms with Crippen LogP contribution in [0, 0.1) is 285 Å². The normalized spacial score (nSPS) is 21.1. The van der Waals surface area contributed by atoms with Crippen molar-refractivity contribution in [3.8, 4) is 67.9 Å². The standard InChI is InChI=1S/3C20H14O2.2C15H26.C2H6.6Ar/c3*21-17-11-9-13-5-1-3-7-15(13)19(17)20-16-8-4-2-6-14(16)10-12-18(20)22;2*1-15(2)13-9-5-3-7-11(13)12-8-4-6-10-14(12)15;1-2;;;;;;/h3*1-12,21-22H;2*11-14H,3-10H2,1-2H3;1-2H3;;;;;;. The van der Waals surface area contributed by atoms with Crippen LogP contribution in [0.4, 0.5) is 0 Å². The smallest absolute Gasteiger partial charge is 0.124 e. The van der Waals surface area contributed by atoms with Crippen molar-refractivity contribution in [2.75, 3.05) is 0 Å². The van der Waals surface area contributed by atoms with Crippen LogP contribution < -0.4 is 0 Å². The second-order valence-electron chi connectivity index (χ2n) is 29.9. The maximum absolute atomic E-state index is 10.4. The van der Waals surface area contributed by atoms with Gasteiger partial charge in [-0.25, -0.2) is 0 Å². The number of benzene rings is 12. The topological polar surface area (TPSA) is 121 Å². The van der Waals surface area contributed by atoms with E-state index < -0.39 is 0 Å². The second kappa shape index (κ2) is 40.8. The Kier molecular flexibility index (Phi) is 35.3. The van der Waals surface area contributed by atoms with Crippen LogP contribution in [0.15, 0.2) is 218 Å². The van der Waals surface area contributed by atoms with Gasteiger partial charge in [0.25, 0.3) is 0 Å². The Labute approximate surface area is 797 Å². The van der Waals surface area contributed by atoms with Crippen molar-refractivity contribution < 1.29 is 257 Å². The van der Waals surface area contributed by atoms with E-state index in [2.05, 4.69) is 27.7 Å². The van der Waals surface area contributed by atoms with E-state index in [-0.39, 0.29) is 261 Å². The third kappa shape index (κ3) is 18.8. The molecule has 6 nitrogen and oxygen atoms in total. The average molecular weight is 1540 g/mol. The molecule has 0 aromatic heterocycles. The predicted molar refractivity (Wildman–Crippen MR) is 411 cm³/mol. The number of hydrogen-bond donors (Lipinski definition) is 6. The van der Waals surface area contributed by atoms with Crippen LogP contribution in [0.3, 0.4) is 0 Å². The first-order valence-electron chi connectivity index (χ1n) is 36.9. The van der Waals surface area contributed by atoms with Gasteiger partial charge in [0.1, 0.15) is 34.5 Å². The monoisotopic (exact) mass is 1540 g/mol. The molecule has 0 radical (unpaired) electrons. The van der Waals surface area contributed by atoms with Crippen molar-refractivity contribution in [3.05, 3.63) is 218 Å². The molecule has 6 fully saturated rings. The molecule has 12 heteroatoms. The summed E-state index contributed by atoms with van der Waals surface area (Å²) in [6.07, 6.45) is 24.6.